The Morgan fingerprint density at radius 3 is 2.94 bits per heavy atom. The van der Waals surface area contributed by atoms with Gasteiger partial charge in [-0.15, -0.1) is 0 Å². The van der Waals surface area contributed by atoms with Gasteiger partial charge in [0.2, 0.25) is 0 Å². The molecule has 0 saturated heterocycles. The van der Waals surface area contributed by atoms with E-state index in [2.05, 4.69) is 5.16 Å². The molecule has 0 aliphatic carbocycles. The molecule has 0 radical (unpaired) electrons. The van der Waals surface area contributed by atoms with Crippen LogP contribution in [0.5, 0.6) is 0 Å². The Morgan fingerprint density at radius 1 is 1.25 bits per heavy atom. The van der Waals surface area contributed by atoms with Gasteiger partial charge < -0.3 is 4.52 Å². The Hall–Kier alpha value is -2.27. The first-order valence-corrected chi connectivity index (χ1v) is 4.66. The summed E-state index contributed by atoms with van der Waals surface area (Å²) in [5, 5.41) is 11.8. The van der Waals surface area contributed by atoms with E-state index in [-0.39, 0.29) is 0 Å². The number of benzene rings is 1. The van der Waals surface area contributed by atoms with Crippen LogP contribution in [0.1, 0.15) is 10.4 Å². The largest absolute Gasteiger partial charge is 0.382 e. The van der Waals surface area contributed by atoms with Crippen molar-refractivity contribution >= 4 is 16.9 Å². The molecule has 82 valence electrons. The normalized spacial score (nSPS) is 9.81. The second kappa shape index (κ2) is 4.50. The number of hydrogen-bond donors (Lipinski definition) is 3. The highest BCUT2D eigenvalue weighted by molar-refractivity contribution is 6.05. The molecule has 0 saturated carbocycles. The van der Waals surface area contributed by atoms with Crippen molar-refractivity contribution in [3.8, 4) is 0 Å². The molecule has 5 nitrogen and oxygen atoms in total. The molecule has 0 aliphatic heterocycles. The standard InChI is InChI=1S/C11H10N2O3/c14-11(13-15)9-5-3-6-10-8(9)4-1-2-7-12-16-10/h1-7,12,15H,(H,13,14). The van der Waals surface area contributed by atoms with Gasteiger partial charge in [0.05, 0.1) is 5.56 Å². The van der Waals surface area contributed by atoms with E-state index >= 15 is 0 Å². The van der Waals surface area contributed by atoms with Crippen LogP contribution in [0.2, 0.25) is 0 Å². The average molecular weight is 218 g/mol. The molecule has 1 aromatic carbocycles. The number of carbonyl (C=O) groups excluding carboxylic acids is 1. The highest BCUT2D eigenvalue weighted by Crippen LogP contribution is 2.16. The van der Waals surface area contributed by atoms with Gasteiger partial charge in [-0.1, -0.05) is 18.2 Å². The number of nitrogens with one attached hydrogen (secondary N) is 2. The van der Waals surface area contributed by atoms with Crippen LogP contribution < -0.4 is 5.48 Å². The summed E-state index contributed by atoms with van der Waals surface area (Å²) in [5.41, 5.74) is 2.46. The number of carbonyl (C=O) groups is 1. The van der Waals surface area contributed by atoms with Gasteiger partial charge in [0.1, 0.15) is 0 Å². The zero-order valence-electron chi connectivity index (χ0n) is 8.31. The van der Waals surface area contributed by atoms with Crippen LogP contribution in [0.4, 0.5) is 0 Å². The topological polar surface area (TPSA) is 78.3 Å². The summed E-state index contributed by atoms with van der Waals surface area (Å²) in [7, 11) is 0. The van der Waals surface area contributed by atoms with Crippen molar-refractivity contribution < 1.29 is 14.5 Å². The summed E-state index contributed by atoms with van der Waals surface area (Å²) >= 11 is 0. The maximum atomic E-state index is 11.4. The van der Waals surface area contributed by atoms with Crippen LogP contribution in [0, 0.1) is 0 Å². The smallest absolute Gasteiger partial charge is 0.275 e. The zero-order valence-corrected chi connectivity index (χ0v) is 8.31. The summed E-state index contributed by atoms with van der Waals surface area (Å²) in [5.74, 6) is -0.574. The Bertz CT molecular complexity index is 555. The van der Waals surface area contributed by atoms with Crippen LogP contribution in [0.25, 0.3) is 11.0 Å². The maximum absolute atomic E-state index is 11.4. The Balaban J connectivity index is 2.77. The van der Waals surface area contributed by atoms with Crippen molar-refractivity contribution in [3.05, 3.63) is 48.2 Å². The number of aromatic amines is 1. The molecule has 0 spiro atoms. The van der Waals surface area contributed by atoms with Gasteiger partial charge in [-0.05, 0) is 18.2 Å². The predicted molar refractivity (Wildman–Crippen MR) is 57.4 cm³/mol. The number of fused-ring (bicyclic) bond motifs is 1. The van der Waals surface area contributed by atoms with Crippen molar-refractivity contribution in [1.82, 2.24) is 10.6 Å². The van der Waals surface area contributed by atoms with Crippen molar-refractivity contribution in [2.75, 3.05) is 0 Å². The number of aromatic nitrogens is 1. The number of hydrogen-bond acceptors (Lipinski definition) is 3. The Labute approximate surface area is 90.9 Å². The molecule has 16 heavy (non-hydrogen) atoms. The molecule has 0 bridgehead atoms. The fourth-order valence-electron chi connectivity index (χ4n) is 1.41. The highest BCUT2D eigenvalue weighted by Gasteiger charge is 2.08. The van der Waals surface area contributed by atoms with Crippen LogP contribution in [-0.2, 0) is 0 Å². The summed E-state index contributed by atoms with van der Waals surface area (Å²) in [6.45, 7) is 0. The maximum Gasteiger partial charge on any atom is 0.275 e. The molecule has 5 heteroatoms. The number of hydroxylamine groups is 1. The Morgan fingerprint density at radius 2 is 2.12 bits per heavy atom. The lowest BCUT2D eigenvalue weighted by molar-refractivity contribution is 0.0708. The third-order valence-corrected chi connectivity index (χ3v) is 2.12. The van der Waals surface area contributed by atoms with E-state index in [0.29, 0.717) is 16.5 Å². The molecule has 1 heterocycles. The molecule has 1 amide bonds. The highest BCUT2D eigenvalue weighted by atomic mass is 16.5. The lowest BCUT2D eigenvalue weighted by atomic mass is 10.1. The van der Waals surface area contributed by atoms with Crippen molar-refractivity contribution in [2.45, 2.75) is 0 Å². The fourth-order valence-corrected chi connectivity index (χ4v) is 1.41. The summed E-state index contributed by atoms with van der Waals surface area (Å²) in [4.78, 5) is 11.4. The van der Waals surface area contributed by atoms with Gasteiger partial charge in [-0.2, -0.15) is 0 Å². The lowest BCUT2D eigenvalue weighted by Crippen LogP contribution is -2.18. The minimum absolute atomic E-state index is 0.341. The van der Waals surface area contributed by atoms with Gasteiger partial charge in [0, 0.05) is 11.6 Å². The summed E-state index contributed by atoms with van der Waals surface area (Å²) in [6, 6.07) is 10.2. The van der Waals surface area contributed by atoms with Crippen LogP contribution in [-0.4, -0.2) is 16.3 Å². The quantitative estimate of drug-likeness (QED) is 0.506. The third-order valence-electron chi connectivity index (χ3n) is 2.12. The third kappa shape index (κ3) is 1.89. The molecular weight excluding hydrogens is 208 g/mol. The predicted octanol–water partition coefficient (Wildman–Crippen LogP) is 2.00. The molecule has 0 fully saturated rings. The van der Waals surface area contributed by atoms with E-state index in [9.17, 15) is 4.79 Å². The van der Waals surface area contributed by atoms with Crippen molar-refractivity contribution in [1.29, 1.82) is 0 Å². The minimum atomic E-state index is -0.574. The fraction of sp³-hybridized carbons (Fsp3) is 0. The van der Waals surface area contributed by atoms with Crippen LogP contribution in [0.15, 0.2) is 47.1 Å². The van der Waals surface area contributed by atoms with E-state index in [0.717, 1.165) is 0 Å². The van der Waals surface area contributed by atoms with Gasteiger partial charge in [0.25, 0.3) is 5.91 Å². The number of H-pyrrole nitrogens is 1. The van der Waals surface area contributed by atoms with E-state index in [1.165, 1.54) is 0 Å². The van der Waals surface area contributed by atoms with E-state index < -0.39 is 5.91 Å². The van der Waals surface area contributed by atoms with Crippen LogP contribution in [0.3, 0.4) is 0 Å². The number of rotatable bonds is 1. The molecule has 0 atom stereocenters. The molecule has 0 unspecified atom stereocenters. The molecule has 2 aromatic rings. The Kier molecular flexibility index (Phi) is 2.88. The lowest BCUT2D eigenvalue weighted by Gasteiger charge is -2.01. The number of amides is 1. The first-order chi connectivity index (χ1) is 7.83. The first-order valence-electron chi connectivity index (χ1n) is 4.66. The average Bonchev–Trinajstić information content (AvgIpc) is 2.28. The first kappa shape index (κ1) is 10.3. The minimum Gasteiger partial charge on any atom is -0.382 e. The molecular formula is C11H10N2O3. The van der Waals surface area contributed by atoms with E-state index in [1.807, 2.05) is 0 Å². The summed E-state index contributed by atoms with van der Waals surface area (Å²) in [6.07, 6.45) is 1.62. The van der Waals surface area contributed by atoms with Gasteiger partial charge in [-0.3, -0.25) is 10.0 Å². The van der Waals surface area contributed by atoms with Crippen LogP contribution >= 0.6 is 0 Å². The second-order valence-corrected chi connectivity index (χ2v) is 3.10. The zero-order chi connectivity index (χ0) is 11.4. The van der Waals surface area contributed by atoms with E-state index in [4.69, 9.17) is 9.73 Å². The molecule has 1 aromatic heterocycles. The van der Waals surface area contributed by atoms with Gasteiger partial charge >= 0.3 is 0 Å². The molecule has 2 rings (SSSR count). The molecule has 0 aliphatic rings. The molecule has 3 N–H and O–H groups in total. The van der Waals surface area contributed by atoms with Crippen molar-refractivity contribution in [3.63, 3.8) is 0 Å². The second-order valence-electron chi connectivity index (χ2n) is 3.10. The van der Waals surface area contributed by atoms with E-state index in [1.54, 1.807) is 48.1 Å². The van der Waals surface area contributed by atoms with Gasteiger partial charge in [0.15, 0.2) is 5.58 Å². The van der Waals surface area contributed by atoms with Gasteiger partial charge in [-0.25, -0.2) is 10.6 Å². The van der Waals surface area contributed by atoms with Crippen molar-refractivity contribution in [2.24, 2.45) is 0 Å². The monoisotopic (exact) mass is 218 g/mol. The SMILES string of the molecule is O=C(NO)c1cccc2o[nH]ccccc12. The summed E-state index contributed by atoms with van der Waals surface area (Å²) < 4.78 is 5.21.